The Balaban J connectivity index is 2.08. The van der Waals surface area contributed by atoms with Crippen LogP contribution in [0.3, 0.4) is 0 Å². The molecule has 0 amide bonds. The molecular weight excluding hydrogens is 224 g/mol. The number of nitrogens with zero attached hydrogens (tertiary/aromatic N) is 1. The summed E-state index contributed by atoms with van der Waals surface area (Å²) in [5.74, 6) is 1.59. The fraction of sp³-hybridized carbons (Fsp3) is 0.267. The number of hydrogen-bond acceptors (Lipinski definition) is 3. The van der Waals surface area contributed by atoms with E-state index < -0.39 is 0 Å². The minimum atomic E-state index is 0.249. The van der Waals surface area contributed by atoms with Gasteiger partial charge in [0, 0.05) is 6.04 Å². The number of pyridine rings is 1. The quantitative estimate of drug-likeness (QED) is 0.891. The van der Waals surface area contributed by atoms with Crippen LogP contribution < -0.4 is 10.1 Å². The Morgan fingerprint density at radius 3 is 2.28 bits per heavy atom. The van der Waals surface area contributed by atoms with Crippen molar-refractivity contribution in [2.24, 2.45) is 0 Å². The molecule has 2 rings (SSSR count). The Bertz CT molecular complexity index is 491. The summed E-state index contributed by atoms with van der Waals surface area (Å²) in [4.78, 5) is 4.38. The minimum Gasteiger partial charge on any atom is -0.456 e. The number of nitrogens with one attached hydrogen (secondary N) is 1. The second-order valence-corrected chi connectivity index (χ2v) is 4.34. The third-order valence-electron chi connectivity index (χ3n) is 2.89. The lowest BCUT2D eigenvalue weighted by Gasteiger charge is -2.10. The van der Waals surface area contributed by atoms with Crippen molar-refractivity contribution in [3.8, 4) is 11.5 Å². The lowest BCUT2D eigenvalue weighted by atomic mass is 10.2. The van der Waals surface area contributed by atoms with Crippen molar-refractivity contribution in [3.63, 3.8) is 0 Å². The second kappa shape index (κ2) is 5.65. The van der Waals surface area contributed by atoms with Crippen LogP contribution in [0, 0.1) is 6.92 Å². The summed E-state index contributed by atoms with van der Waals surface area (Å²) >= 11 is 0. The van der Waals surface area contributed by atoms with Crippen molar-refractivity contribution < 1.29 is 4.74 Å². The summed E-state index contributed by atoms with van der Waals surface area (Å²) in [6, 6.07) is 12.1. The molecule has 0 aliphatic heterocycles. The molecule has 94 valence electrons. The Morgan fingerprint density at radius 1 is 1.06 bits per heavy atom. The lowest BCUT2D eigenvalue weighted by Crippen LogP contribution is -2.13. The molecular formula is C15H18N2O. The van der Waals surface area contributed by atoms with E-state index in [1.807, 2.05) is 43.4 Å². The lowest BCUT2D eigenvalue weighted by molar-refractivity contribution is 0.478. The third-order valence-corrected chi connectivity index (χ3v) is 2.89. The van der Waals surface area contributed by atoms with Crippen molar-refractivity contribution in [3.05, 3.63) is 53.9 Å². The van der Waals surface area contributed by atoms with Crippen LogP contribution in [0.25, 0.3) is 0 Å². The van der Waals surface area contributed by atoms with E-state index in [0.717, 1.165) is 17.2 Å². The Morgan fingerprint density at radius 2 is 1.72 bits per heavy atom. The van der Waals surface area contributed by atoms with Gasteiger partial charge in [-0.3, -0.25) is 4.98 Å². The molecule has 3 nitrogen and oxygen atoms in total. The number of benzene rings is 1. The van der Waals surface area contributed by atoms with Crippen LogP contribution in [0.2, 0.25) is 0 Å². The third kappa shape index (κ3) is 3.08. The largest absolute Gasteiger partial charge is 0.456 e. The fourth-order valence-corrected chi connectivity index (χ4v) is 1.60. The molecule has 1 aromatic carbocycles. The molecule has 0 bridgehead atoms. The highest BCUT2D eigenvalue weighted by Gasteiger charge is 2.04. The summed E-state index contributed by atoms with van der Waals surface area (Å²) in [5.41, 5.74) is 2.23. The molecule has 1 N–H and O–H groups in total. The number of hydrogen-bond donors (Lipinski definition) is 1. The zero-order valence-electron chi connectivity index (χ0n) is 11.0. The maximum atomic E-state index is 5.72. The smallest absolute Gasteiger partial charge is 0.145 e. The molecule has 0 saturated heterocycles. The van der Waals surface area contributed by atoms with E-state index in [0.29, 0.717) is 0 Å². The van der Waals surface area contributed by atoms with Crippen LogP contribution in [0.5, 0.6) is 11.5 Å². The monoisotopic (exact) mass is 242 g/mol. The van der Waals surface area contributed by atoms with Crippen LogP contribution in [0.1, 0.15) is 24.2 Å². The predicted molar refractivity (Wildman–Crippen MR) is 73.0 cm³/mol. The van der Waals surface area contributed by atoms with Crippen LogP contribution in [-0.2, 0) is 0 Å². The van der Waals surface area contributed by atoms with Crippen molar-refractivity contribution in [1.82, 2.24) is 10.3 Å². The van der Waals surface area contributed by atoms with E-state index in [2.05, 4.69) is 24.1 Å². The molecule has 3 heteroatoms. The first-order chi connectivity index (χ1) is 8.69. The summed E-state index contributed by atoms with van der Waals surface area (Å²) in [7, 11) is 1.92. The number of aryl methyl sites for hydroxylation is 1. The van der Waals surface area contributed by atoms with Gasteiger partial charge in [-0.1, -0.05) is 17.7 Å². The van der Waals surface area contributed by atoms with Gasteiger partial charge in [-0.2, -0.15) is 0 Å². The van der Waals surface area contributed by atoms with Crippen LogP contribution >= 0.6 is 0 Å². The normalized spacial score (nSPS) is 12.2. The highest BCUT2D eigenvalue weighted by atomic mass is 16.5. The SMILES string of the molecule is CNC(C)c1ccc(Oc2ccc(C)cc2)cn1. The zero-order valence-corrected chi connectivity index (χ0v) is 11.0. The van der Waals surface area contributed by atoms with Gasteiger partial charge in [0.1, 0.15) is 11.5 Å². The van der Waals surface area contributed by atoms with Gasteiger partial charge in [-0.05, 0) is 45.2 Å². The average molecular weight is 242 g/mol. The topological polar surface area (TPSA) is 34.1 Å². The van der Waals surface area contributed by atoms with E-state index >= 15 is 0 Å². The second-order valence-electron chi connectivity index (χ2n) is 4.34. The van der Waals surface area contributed by atoms with Gasteiger partial charge < -0.3 is 10.1 Å². The Kier molecular flexibility index (Phi) is 3.95. The molecule has 1 unspecified atom stereocenters. The molecule has 0 radical (unpaired) electrons. The molecule has 0 aliphatic rings. The van der Waals surface area contributed by atoms with Crippen LogP contribution in [0.4, 0.5) is 0 Å². The average Bonchev–Trinajstić information content (AvgIpc) is 2.41. The van der Waals surface area contributed by atoms with E-state index in [9.17, 15) is 0 Å². The van der Waals surface area contributed by atoms with E-state index in [4.69, 9.17) is 4.74 Å². The first-order valence-corrected chi connectivity index (χ1v) is 6.07. The summed E-state index contributed by atoms with van der Waals surface area (Å²) in [5, 5.41) is 3.15. The highest BCUT2D eigenvalue weighted by Crippen LogP contribution is 2.21. The molecule has 0 saturated carbocycles. The molecule has 1 aromatic heterocycles. The molecule has 2 aromatic rings. The van der Waals surface area contributed by atoms with Gasteiger partial charge in [0.05, 0.1) is 11.9 Å². The summed E-state index contributed by atoms with van der Waals surface area (Å²) < 4.78 is 5.72. The summed E-state index contributed by atoms with van der Waals surface area (Å²) in [6.07, 6.45) is 1.75. The van der Waals surface area contributed by atoms with Gasteiger partial charge in [0.15, 0.2) is 0 Å². The summed E-state index contributed by atoms with van der Waals surface area (Å²) in [6.45, 7) is 4.13. The molecule has 1 heterocycles. The van der Waals surface area contributed by atoms with E-state index in [1.54, 1.807) is 6.20 Å². The van der Waals surface area contributed by atoms with Gasteiger partial charge in [-0.25, -0.2) is 0 Å². The van der Waals surface area contributed by atoms with Gasteiger partial charge in [0.25, 0.3) is 0 Å². The first kappa shape index (κ1) is 12.6. The fourth-order valence-electron chi connectivity index (χ4n) is 1.60. The minimum absolute atomic E-state index is 0.249. The maximum absolute atomic E-state index is 5.72. The van der Waals surface area contributed by atoms with Gasteiger partial charge in [0.2, 0.25) is 0 Å². The standard InChI is InChI=1S/C15H18N2O/c1-11-4-6-13(7-5-11)18-14-8-9-15(17-10-14)12(2)16-3/h4-10,12,16H,1-3H3. The highest BCUT2D eigenvalue weighted by molar-refractivity contribution is 5.32. The van der Waals surface area contributed by atoms with Crippen molar-refractivity contribution in [1.29, 1.82) is 0 Å². The van der Waals surface area contributed by atoms with Crippen molar-refractivity contribution in [2.45, 2.75) is 19.9 Å². The number of aromatic nitrogens is 1. The number of ether oxygens (including phenoxy) is 1. The van der Waals surface area contributed by atoms with Crippen LogP contribution in [0.15, 0.2) is 42.6 Å². The molecule has 0 aliphatic carbocycles. The van der Waals surface area contributed by atoms with Crippen molar-refractivity contribution in [2.75, 3.05) is 7.05 Å². The first-order valence-electron chi connectivity index (χ1n) is 6.07. The Labute approximate surface area is 108 Å². The number of rotatable bonds is 4. The Hall–Kier alpha value is -1.87. The van der Waals surface area contributed by atoms with Crippen molar-refractivity contribution >= 4 is 0 Å². The van der Waals surface area contributed by atoms with E-state index in [-0.39, 0.29) is 6.04 Å². The molecule has 0 spiro atoms. The maximum Gasteiger partial charge on any atom is 0.145 e. The van der Waals surface area contributed by atoms with Gasteiger partial charge >= 0.3 is 0 Å². The predicted octanol–water partition coefficient (Wildman–Crippen LogP) is 3.46. The zero-order chi connectivity index (χ0) is 13.0. The molecule has 18 heavy (non-hydrogen) atoms. The molecule has 1 atom stereocenters. The van der Waals surface area contributed by atoms with E-state index in [1.165, 1.54) is 5.56 Å². The molecule has 0 fully saturated rings. The van der Waals surface area contributed by atoms with Crippen LogP contribution in [-0.4, -0.2) is 12.0 Å². The van der Waals surface area contributed by atoms with Gasteiger partial charge in [-0.15, -0.1) is 0 Å².